The van der Waals surface area contributed by atoms with Gasteiger partial charge in [0.15, 0.2) is 12.4 Å². The number of halogens is 1. The third-order valence-corrected chi connectivity index (χ3v) is 7.06. The Morgan fingerprint density at radius 3 is 2.48 bits per heavy atom. The SMILES string of the molecule is CO.Cn1c([C@H](C=O)OC(C)(C)C)c(-c2ccc3c(c2Cl)NCCO3)c2ccc(Cc3ccccc3)cc2c1=O. The topological polar surface area (TPSA) is 89.8 Å². The zero-order valence-corrected chi connectivity index (χ0v) is 24.2. The molecule has 0 radical (unpaired) electrons. The number of nitrogens with zero attached hydrogens (tertiary/aromatic N) is 1. The van der Waals surface area contributed by atoms with Crippen LogP contribution >= 0.6 is 11.6 Å². The van der Waals surface area contributed by atoms with Gasteiger partial charge in [-0.05, 0) is 61.9 Å². The van der Waals surface area contributed by atoms with Crippen molar-refractivity contribution >= 4 is 34.3 Å². The number of anilines is 1. The maximum absolute atomic E-state index is 13.8. The number of hydrogen-bond donors (Lipinski definition) is 2. The molecule has 7 nitrogen and oxygen atoms in total. The zero-order chi connectivity index (χ0) is 29.0. The highest BCUT2D eigenvalue weighted by atomic mass is 35.5. The molecule has 40 heavy (non-hydrogen) atoms. The van der Waals surface area contributed by atoms with E-state index in [1.807, 2.05) is 69.3 Å². The Labute approximate surface area is 239 Å². The number of aliphatic hydroxyl groups excluding tert-OH is 1. The molecule has 4 aromatic rings. The molecule has 0 saturated heterocycles. The number of aldehydes is 1. The number of rotatable bonds is 6. The number of pyridine rings is 1. The lowest BCUT2D eigenvalue weighted by atomic mass is 9.92. The van der Waals surface area contributed by atoms with Crippen molar-refractivity contribution in [1.29, 1.82) is 0 Å². The van der Waals surface area contributed by atoms with Gasteiger partial charge in [0.1, 0.15) is 12.4 Å². The average Bonchev–Trinajstić information content (AvgIpc) is 2.96. The highest BCUT2D eigenvalue weighted by molar-refractivity contribution is 6.37. The van der Waals surface area contributed by atoms with E-state index in [0.717, 1.165) is 24.5 Å². The van der Waals surface area contributed by atoms with Crippen LogP contribution in [0.1, 0.15) is 43.7 Å². The molecule has 0 fully saturated rings. The number of carbonyl (C=O) groups excluding carboxylic acids is 1. The fraction of sp³-hybridized carbons (Fsp3) is 0.312. The molecule has 0 unspecified atom stereocenters. The number of carbonyl (C=O) groups is 1. The molecule has 0 aliphatic carbocycles. The van der Waals surface area contributed by atoms with Crippen molar-refractivity contribution in [3.05, 3.63) is 92.9 Å². The molecular formula is C32H35ClN2O5. The fourth-order valence-electron chi connectivity index (χ4n) is 5.04. The van der Waals surface area contributed by atoms with Crippen molar-refractivity contribution in [2.24, 2.45) is 7.05 Å². The third kappa shape index (κ3) is 5.92. The summed E-state index contributed by atoms with van der Waals surface area (Å²) in [6, 6.07) is 19.8. The van der Waals surface area contributed by atoms with Crippen LogP contribution in [0.5, 0.6) is 5.75 Å². The number of aromatic nitrogens is 1. The van der Waals surface area contributed by atoms with E-state index in [1.165, 1.54) is 4.57 Å². The lowest BCUT2D eigenvalue weighted by Gasteiger charge is -2.29. The van der Waals surface area contributed by atoms with Crippen LogP contribution in [0.3, 0.4) is 0 Å². The van der Waals surface area contributed by atoms with Crippen LogP contribution in [0.4, 0.5) is 5.69 Å². The molecule has 1 aromatic heterocycles. The van der Waals surface area contributed by atoms with Gasteiger partial charge >= 0.3 is 0 Å². The molecule has 0 saturated carbocycles. The van der Waals surface area contributed by atoms with E-state index in [1.54, 1.807) is 7.05 Å². The highest BCUT2D eigenvalue weighted by Gasteiger charge is 2.29. The van der Waals surface area contributed by atoms with Gasteiger partial charge in [-0.2, -0.15) is 0 Å². The number of nitrogens with one attached hydrogen (secondary N) is 1. The van der Waals surface area contributed by atoms with Crippen LogP contribution in [0, 0.1) is 0 Å². The normalized spacial score (nSPS) is 13.4. The summed E-state index contributed by atoms with van der Waals surface area (Å²) < 4.78 is 13.5. The first-order valence-electron chi connectivity index (χ1n) is 13.1. The second kappa shape index (κ2) is 12.3. The van der Waals surface area contributed by atoms with Crippen LogP contribution in [0.2, 0.25) is 5.02 Å². The summed E-state index contributed by atoms with van der Waals surface area (Å²) in [6.07, 6.45) is 0.460. The van der Waals surface area contributed by atoms with E-state index in [0.29, 0.717) is 63.6 Å². The Morgan fingerprint density at radius 2 is 1.80 bits per heavy atom. The maximum atomic E-state index is 13.8. The molecule has 1 atom stereocenters. The molecule has 1 aliphatic heterocycles. The Bertz CT molecular complexity index is 1580. The van der Waals surface area contributed by atoms with Crippen molar-refractivity contribution < 1.29 is 19.4 Å². The van der Waals surface area contributed by atoms with Gasteiger partial charge in [0.05, 0.1) is 22.0 Å². The van der Waals surface area contributed by atoms with E-state index in [4.69, 9.17) is 26.2 Å². The predicted octanol–water partition coefficient (Wildman–Crippen LogP) is 5.92. The van der Waals surface area contributed by atoms with Gasteiger partial charge in [-0.25, -0.2) is 0 Å². The van der Waals surface area contributed by atoms with E-state index in [9.17, 15) is 9.59 Å². The van der Waals surface area contributed by atoms with Crippen molar-refractivity contribution in [1.82, 2.24) is 4.57 Å². The number of aliphatic hydroxyl groups is 1. The zero-order valence-electron chi connectivity index (χ0n) is 23.5. The van der Waals surface area contributed by atoms with Crippen LogP contribution in [-0.2, 0) is 23.0 Å². The predicted molar refractivity (Wildman–Crippen MR) is 161 cm³/mol. The summed E-state index contributed by atoms with van der Waals surface area (Å²) in [4.78, 5) is 26.2. The Balaban J connectivity index is 0.00000181. The quantitative estimate of drug-likeness (QED) is 0.284. The lowest BCUT2D eigenvalue weighted by Crippen LogP contribution is -2.30. The largest absolute Gasteiger partial charge is 0.490 e. The van der Waals surface area contributed by atoms with E-state index in [-0.39, 0.29) is 5.56 Å². The number of ether oxygens (including phenoxy) is 2. The van der Waals surface area contributed by atoms with Gasteiger partial charge in [-0.3, -0.25) is 4.79 Å². The van der Waals surface area contributed by atoms with Crippen LogP contribution in [0.15, 0.2) is 65.5 Å². The summed E-state index contributed by atoms with van der Waals surface area (Å²) in [5, 5.41) is 12.1. The first-order chi connectivity index (χ1) is 19.2. The molecule has 1 aliphatic rings. The average molecular weight is 563 g/mol. The minimum atomic E-state index is -0.979. The molecule has 3 aromatic carbocycles. The van der Waals surface area contributed by atoms with Gasteiger partial charge in [0.2, 0.25) is 0 Å². The third-order valence-electron chi connectivity index (χ3n) is 6.67. The first-order valence-corrected chi connectivity index (χ1v) is 13.5. The number of benzene rings is 3. The summed E-state index contributed by atoms with van der Waals surface area (Å²) in [6.45, 7) is 6.82. The Kier molecular flexibility index (Phi) is 8.98. The monoisotopic (exact) mass is 562 g/mol. The maximum Gasteiger partial charge on any atom is 0.258 e. The minimum Gasteiger partial charge on any atom is -0.490 e. The first kappa shape index (κ1) is 29.3. The molecule has 210 valence electrons. The van der Waals surface area contributed by atoms with Crippen molar-refractivity contribution in [3.63, 3.8) is 0 Å². The molecular weight excluding hydrogens is 528 g/mol. The highest BCUT2D eigenvalue weighted by Crippen LogP contribution is 2.45. The van der Waals surface area contributed by atoms with Crippen LogP contribution < -0.4 is 15.6 Å². The number of fused-ring (bicyclic) bond motifs is 2. The molecule has 0 spiro atoms. The molecule has 0 bridgehead atoms. The summed E-state index contributed by atoms with van der Waals surface area (Å²) >= 11 is 6.99. The fourth-order valence-corrected chi connectivity index (χ4v) is 5.36. The second-order valence-corrected chi connectivity index (χ2v) is 10.9. The van der Waals surface area contributed by atoms with Crippen LogP contribution in [-0.4, -0.2) is 41.8 Å². The summed E-state index contributed by atoms with van der Waals surface area (Å²) in [5.41, 5.74) is 3.89. The van der Waals surface area contributed by atoms with Crippen molar-refractivity contribution in [2.45, 2.75) is 38.9 Å². The Morgan fingerprint density at radius 1 is 1.07 bits per heavy atom. The molecule has 0 amide bonds. The molecule has 5 rings (SSSR count). The summed E-state index contributed by atoms with van der Waals surface area (Å²) in [7, 11) is 2.68. The van der Waals surface area contributed by atoms with Crippen LogP contribution in [0.25, 0.3) is 21.9 Å². The van der Waals surface area contributed by atoms with Gasteiger partial charge in [-0.1, -0.05) is 54.1 Å². The standard InChI is InChI=1S/C31H31ClN2O4.CH4O/c1-31(2,3)38-25(18-35)29-26(22-12-13-24-28(27(22)32)33-14-15-37-24)21-11-10-20(16-19-8-6-5-7-9-19)17-23(21)30(36)34(29)4;1-2/h5-13,17-18,25,33H,14-16H2,1-4H3;2H,1H3/t25-;/m0./s1. The lowest BCUT2D eigenvalue weighted by molar-refractivity contribution is -0.129. The van der Waals surface area contributed by atoms with Gasteiger partial charge in [0, 0.05) is 37.2 Å². The van der Waals surface area contributed by atoms with Gasteiger partial charge < -0.3 is 29.3 Å². The van der Waals surface area contributed by atoms with E-state index in [2.05, 4.69) is 17.4 Å². The molecule has 2 N–H and O–H groups in total. The van der Waals surface area contributed by atoms with Gasteiger partial charge in [0.25, 0.3) is 5.56 Å². The molecule has 8 heteroatoms. The van der Waals surface area contributed by atoms with Crippen molar-refractivity contribution in [2.75, 3.05) is 25.6 Å². The smallest absolute Gasteiger partial charge is 0.258 e. The Hall–Kier alpha value is -3.65. The van der Waals surface area contributed by atoms with E-state index < -0.39 is 11.7 Å². The summed E-state index contributed by atoms with van der Waals surface area (Å²) in [5.74, 6) is 0.670. The van der Waals surface area contributed by atoms with E-state index >= 15 is 0 Å². The second-order valence-electron chi connectivity index (χ2n) is 10.5. The minimum absolute atomic E-state index is 0.200. The number of hydrogen-bond acceptors (Lipinski definition) is 6. The van der Waals surface area contributed by atoms with Gasteiger partial charge in [-0.15, -0.1) is 0 Å². The van der Waals surface area contributed by atoms with Crippen molar-refractivity contribution in [3.8, 4) is 16.9 Å². The molecule has 2 heterocycles.